The number of para-hydroxylation sites is 1. The Morgan fingerprint density at radius 1 is 1.00 bits per heavy atom. The summed E-state index contributed by atoms with van der Waals surface area (Å²) in [5.74, 6) is 1.32. The summed E-state index contributed by atoms with van der Waals surface area (Å²) < 4.78 is 1.78. The molecule has 8 heteroatoms. The Kier molecular flexibility index (Phi) is 5.32. The Morgan fingerprint density at radius 2 is 1.77 bits per heavy atom. The van der Waals surface area contributed by atoms with Gasteiger partial charge in [-0.1, -0.05) is 24.3 Å². The van der Waals surface area contributed by atoms with E-state index in [1.54, 1.807) is 4.68 Å². The van der Waals surface area contributed by atoms with Crippen molar-refractivity contribution in [3.63, 3.8) is 0 Å². The predicted molar refractivity (Wildman–Crippen MR) is 123 cm³/mol. The maximum atomic E-state index is 4.69. The highest BCUT2D eigenvalue weighted by Crippen LogP contribution is 2.29. The second kappa shape index (κ2) is 7.93. The Bertz CT molecular complexity index is 1210. The van der Waals surface area contributed by atoms with Gasteiger partial charge in [-0.15, -0.1) is 12.4 Å². The van der Waals surface area contributed by atoms with Crippen LogP contribution in [0.4, 0.5) is 23.1 Å². The fraction of sp³-hybridized carbons (Fsp3) is 0.227. The van der Waals surface area contributed by atoms with Crippen LogP contribution in [0.25, 0.3) is 11.0 Å². The quantitative estimate of drug-likeness (QED) is 0.450. The van der Waals surface area contributed by atoms with E-state index in [-0.39, 0.29) is 12.4 Å². The third-order valence-electron chi connectivity index (χ3n) is 5.40. The molecule has 7 nitrogen and oxygen atoms in total. The van der Waals surface area contributed by atoms with Gasteiger partial charge in [0.05, 0.1) is 5.39 Å². The number of anilines is 4. The zero-order valence-electron chi connectivity index (χ0n) is 17.2. The van der Waals surface area contributed by atoms with Gasteiger partial charge < -0.3 is 16.0 Å². The van der Waals surface area contributed by atoms with Crippen molar-refractivity contribution >= 4 is 46.6 Å². The molecule has 3 heterocycles. The molecule has 5 rings (SSSR count). The molecule has 0 fully saturated rings. The Labute approximate surface area is 181 Å². The molecule has 0 spiro atoms. The topological polar surface area (TPSA) is 79.7 Å². The molecule has 154 valence electrons. The summed E-state index contributed by atoms with van der Waals surface area (Å²) in [4.78, 5) is 9.22. The standard InChI is InChI=1S/C22H23N7.ClH/c1-13-5-4-6-14(2)19(13)26-20-18-12-24-22(27-21(18)29(3)28-20)25-17-8-7-15-10-23-11-16(15)9-17;/h4-9,12,23H,10-11H2,1-3H3,(H,26,28)(H,24,25,27);1H. The van der Waals surface area contributed by atoms with Crippen LogP contribution in [0.1, 0.15) is 22.3 Å². The lowest BCUT2D eigenvalue weighted by Gasteiger charge is -2.10. The first-order chi connectivity index (χ1) is 14.1. The fourth-order valence-corrected chi connectivity index (χ4v) is 3.82. The molecule has 2 aromatic carbocycles. The van der Waals surface area contributed by atoms with E-state index < -0.39 is 0 Å². The maximum Gasteiger partial charge on any atom is 0.229 e. The maximum absolute atomic E-state index is 4.69. The monoisotopic (exact) mass is 421 g/mol. The molecule has 0 saturated heterocycles. The molecule has 30 heavy (non-hydrogen) atoms. The van der Waals surface area contributed by atoms with E-state index in [1.807, 2.05) is 13.2 Å². The van der Waals surface area contributed by atoms with Crippen LogP contribution in [0.2, 0.25) is 0 Å². The highest BCUT2D eigenvalue weighted by molar-refractivity contribution is 5.90. The Morgan fingerprint density at radius 3 is 2.57 bits per heavy atom. The molecular weight excluding hydrogens is 398 g/mol. The lowest BCUT2D eigenvalue weighted by atomic mass is 10.1. The van der Waals surface area contributed by atoms with Crippen LogP contribution < -0.4 is 16.0 Å². The van der Waals surface area contributed by atoms with E-state index >= 15 is 0 Å². The SMILES string of the molecule is Cc1cccc(C)c1Nc1nn(C)c2nc(Nc3ccc4c(c3)CNC4)ncc12.Cl. The van der Waals surface area contributed by atoms with Gasteiger partial charge in [0, 0.05) is 37.7 Å². The fourth-order valence-electron chi connectivity index (χ4n) is 3.82. The van der Waals surface area contributed by atoms with Crippen LogP contribution >= 0.6 is 12.4 Å². The molecule has 0 atom stereocenters. The van der Waals surface area contributed by atoms with Crippen molar-refractivity contribution < 1.29 is 0 Å². The normalized spacial score (nSPS) is 12.5. The van der Waals surface area contributed by atoms with Crippen LogP contribution in [-0.4, -0.2) is 19.7 Å². The number of aromatic nitrogens is 4. The van der Waals surface area contributed by atoms with Crippen molar-refractivity contribution in [3.05, 3.63) is 64.8 Å². The molecular formula is C22H24ClN7. The van der Waals surface area contributed by atoms with Gasteiger partial charge in [0.25, 0.3) is 0 Å². The largest absolute Gasteiger partial charge is 0.338 e. The van der Waals surface area contributed by atoms with Crippen LogP contribution in [0, 0.1) is 13.8 Å². The molecule has 2 aromatic heterocycles. The zero-order valence-corrected chi connectivity index (χ0v) is 18.0. The molecule has 0 radical (unpaired) electrons. The van der Waals surface area contributed by atoms with Crippen molar-refractivity contribution in [2.45, 2.75) is 26.9 Å². The number of halogens is 1. The smallest absolute Gasteiger partial charge is 0.229 e. The number of fused-ring (bicyclic) bond motifs is 2. The lowest BCUT2D eigenvalue weighted by Crippen LogP contribution is -2.00. The summed E-state index contributed by atoms with van der Waals surface area (Å²) >= 11 is 0. The van der Waals surface area contributed by atoms with Crippen molar-refractivity contribution in [1.82, 2.24) is 25.1 Å². The van der Waals surface area contributed by atoms with Gasteiger partial charge in [-0.3, -0.25) is 0 Å². The van der Waals surface area contributed by atoms with E-state index in [0.717, 1.165) is 41.3 Å². The van der Waals surface area contributed by atoms with Crippen molar-refractivity contribution in [1.29, 1.82) is 0 Å². The molecule has 3 N–H and O–H groups in total. The van der Waals surface area contributed by atoms with Gasteiger partial charge in [-0.25, -0.2) is 9.67 Å². The molecule has 0 amide bonds. The molecule has 1 aliphatic rings. The predicted octanol–water partition coefficient (Wildman–Crippen LogP) is 4.49. The second-order valence-electron chi connectivity index (χ2n) is 7.51. The lowest BCUT2D eigenvalue weighted by molar-refractivity contribution is 0.765. The van der Waals surface area contributed by atoms with E-state index in [9.17, 15) is 0 Å². The number of hydrogen-bond donors (Lipinski definition) is 3. The van der Waals surface area contributed by atoms with Crippen LogP contribution in [0.5, 0.6) is 0 Å². The number of nitrogens with one attached hydrogen (secondary N) is 3. The minimum Gasteiger partial charge on any atom is -0.338 e. The van der Waals surface area contributed by atoms with E-state index in [0.29, 0.717) is 5.95 Å². The summed E-state index contributed by atoms with van der Waals surface area (Å²) in [7, 11) is 1.90. The third-order valence-corrected chi connectivity index (χ3v) is 5.40. The molecule has 0 aliphatic carbocycles. The summed E-state index contributed by atoms with van der Waals surface area (Å²) in [6.07, 6.45) is 1.82. The van der Waals surface area contributed by atoms with Crippen molar-refractivity contribution in [2.75, 3.05) is 10.6 Å². The first kappa shape index (κ1) is 20.1. The summed E-state index contributed by atoms with van der Waals surface area (Å²) in [6.45, 7) is 6.01. The minimum atomic E-state index is 0. The van der Waals surface area contributed by atoms with E-state index in [1.165, 1.54) is 22.3 Å². The number of hydrogen-bond acceptors (Lipinski definition) is 6. The second-order valence-corrected chi connectivity index (χ2v) is 7.51. The van der Waals surface area contributed by atoms with Crippen LogP contribution in [0.15, 0.2) is 42.6 Å². The molecule has 4 aromatic rings. The number of aryl methyl sites for hydroxylation is 3. The van der Waals surface area contributed by atoms with E-state index in [4.69, 9.17) is 4.98 Å². The number of nitrogens with zero attached hydrogens (tertiary/aromatic N) is 4. The van der Waals surface area contributed by atoms with Crippen LogP contribution in [-0.2, 0) is 20.1 Å². The average Bonchev–Trinajstić information content (AvgIpc) is 3.29. The van der Waals surface area contributed by atoms with Gasteiger partial charge in [0.1, 0.15) is 0 Å². The zero-order chi connectivity index (χ0) is 20.0. The van der Waals surface area contributed by atoms with Crippen molar-refractivity contribution in [2.24, 2.45) is 7.05 Å². The molecule has 0 saturated carbocycles. The molecule has 0 unspecified atom stereocenters. The highest BCUT2D eigenvalue weighted by Gasteiger charge is 2.15. The molecule has 1 aliphatic heterocycles. The first-order valence-corrected chi connectivity index (χ1v) is 9.71. The van der Waals surface area contributed by atoms with E-state index in [2.05, 4.69) is 76.3 Å². The molecule has 0 bridgehead atoms. The van der Waals surface area contributed by atoms with Crippen LogP contribution in [0.3, 0.4) is 0 Å². The third kappa shape index (κ3) is 3.58. The minimum absolute atomic E-state index is 0. The van der Waals surface area contributed by atoms with Gasteiger partial charge in [0.15, 0.2) is 11.5 Å². The summed E-state index contributed by atoms with van der Waals surface area (Å²) in [5, 5.41) is 15.7. The van der Waals surface area contributed by atoms with Gasteiger partial charge >= 0.3 is 0 Å². The Hall–Kier alpha value is -3.16. The Balaban J connectivity index is 0.00000218. The summed E-state index contributed by atoms with van der Waals surface area (Å²) in [5.41, 5.74) is 7.85. The summed E-state index contributed by atoms with van der Waals surface area (Å²) in [6, 6.07) is 12.6. The first-order valence-electron chi connectivity index (χ1n) is 9.71. The van der Waals surface area contributed by atoms with Gasteiger partial charge in [-0.2, -0.15) is 10.1 Å². The van der Waals surface area contributed by atoms with Gasteiger partial charge in [0.2, 0.25) is 5.95 Å². The highest BCUT2D eigenvalue weighted by atomic mass is 35.5. The van der Waals surface area contributed by atoms with Crippen molar-refractivity contribution in [3.8, 4) is 0 Å². The van der Waals surface area contributed by atoms with Gasteiger partial charge in [-0.05, 0) is 48.2 Å². The average molecular weight is 422 g/mol. The number of rotatable bonds is 4. The number of benzene rings is 2.